The zero-order chi connectivity index (χ0) is 17.5. The number of carbonyl (C=O) groups is 1. The van der Waals surface area contributed by atoms with Gasteiger partial charge in [0.05, 0.1) is 6.26 Å². The molecule has 0 spiro atoms. The van der Waals surface area contributed by atoms with Crippen molar-refractivity contribution in [2.24, 2.45) is 5.92 Å². The summed E-state index contributed by atoms with van der Waals surface area (Å²) >= 11 is 0. The highest BCUT2D eigenvalue weighted by Crippen LogP contribution is 2.31. The minimum atomic E-state index is -0.444. The van der Waals surface area contributed by atoms with Crippen molar-refractivity contribution in [3.05, 3.63) is 24.3 Å². The minimum absolute atomic E-state index is 0.126. The smallest absolute Gasteiger partial charge is 0.244 e. The second-order valence-corrected chi connectivity index (χ2v) is 6.80. The SMILES string of the molecule is O=C(C[C@@H](CCCC1CCCCC1)c1nc(-c2ccco2)no1)NO. The number of carbonyl (C=O) groups excluding carboxylic acids is 1. The van der Waals surface area contributed by atoms with E-state index in [1.54, 1.807) is 23.9 Å². The maximum atomic E-state index is 11.6. The van der Waals surface area contributed by atoms with E-state index < -0.39 is 5.91 Å². The third-order valence-electron chi connectivity index (χ3n) is 4.98. The van der Waals surface area contributed by atoms with Crippen molar-refractivity contribution in [1.82, 2.24) is 15.6 Å². The van der Waals surface area contributed by atoms with Gasteiger partial charge in [-0.3, -0.25) is 10.0 Å². The van der Waals surface area contributed by atoms with E-state index in [9.17, 15) is 4.79 Å². The first-order valence-corrected chi connectivity index (χ1v) is 9.06. The molecule has 0 radical (unpaired) electrons. The van der Waals surface area contributed by atoms with Crippen LogP contribution in [0.5, 0.6) is 0 Å². The normalized spacial score (nSPS) is 16.7. The van der Waals surface area contributed by atoms with E-state index in [1.165, 1.54) is 32.1 Å². The molecule has 0 saturated heterocycles. The van der Waals surface area contributed by atoms with Gasteiger partial charge in [-0.15, -0.1) is 0 Å². The Morgan fingerprint density at radius 1 is 1.36 bits per heavy atom. The molecule has 2 aromatic heterocycles. The molecule has 1 aliphatic carbocycles. The van der Waals surface area contributed by atoms with Crippen molar-refractivity contribution < 1.29 is 18.9 Å². The number of amides is 1. The summed E-state index contributed by atoms with van der Waals surface area (Å²) in [7, 11) is 0. The van der Waals surface area contributed by atoms with E-state index in [0.717, 1.165) is 25.2 Å². The molecule has 1 amide bonds. The lowest BCUT2D eigenvalue weighted by Gasteiger charge is -2.22. The molecule has 0 aliphatic heterocycles. The predicted octanol–water partition coefficient (Wildman–Crippen LogP) is 4.06. The monoisotopic (exact) mass is 347 g/mol. The van der Waals surface area contributed by atoms with Crippen LogP contribution in [0.4, 0.5) is 0 Å². The maximum absolute atomic E-state index is 11.6. The Labute approximate surface area is 146 Å². The molecule has 1 saturated carbocycles. The van der Waals surface area contributed by atoms with Crippen LogP contribution >= 0.6 is 0 Å². The van der Waals surface area contributed by atoms with E-state index in [-0.39, 0.29) is 12.3 Å². The molecule has 0 unspecified atom stereocenters. The topological polar surface area (TPSA) is 101 Å². The highest BCUT2D eigenvalue weighted by molar-refractivity contribution is 5.75. The molecule has 0 bridgehead atoms. The Hall–Kier alpha value is -2.15. The van der Waals surface area contributed by atoms with Crippen LogP contribution in [0, 0.1) is 5.92 Å². The number of hydrogen-bond donors (Lipinski definition) is 2. The van der Waals surface area contributed by atoms with Gasteiger partial charge in [0.15, 0.2) is 5.76 Å². The minimum Gasteiger partial charge on any atom is -0.461 e. The van der Waals surface area contributed by atoms with Gasteiger partial charge in [-0.2, -0.15) is 4.98 Å². The van der Waals surface area contributed by atoms with Crippen LogP contribution < -0.4 is 5.48 Å². The standard InChI is InChI=1S/C18H25N3O4/c22-16(20-23)12-14(9-4-8-13-6-2-1-3-7-13)18-19-17(21-25-18)15-10-5-11-24-15/h5,10-11,13-14,23H,1-4,6-9,12H2,(H,20,22)/t14-/m1/s1. The lowest BCUT2D eigenvalue weighted by atomic mass is 9.84. The molecule has 2 heterocycles. The van der Waals surface area contributed by atoms with Gasteiger partial charge in [0.2, 0.25) is 17.6 Å². The highest BCUT2D eigenvalue weighted by Gasteiger charge is 2.24. The predicted molar refractivity (Wildman–Crippen MR) is 89.7 cm³/mol. The Kier molecular flexibility index (Phi) is 6.22. The lowest BCUT2D eigenvalue weighted by molar-refractivity contribution is -0.129. The van der Waals surface area contributed by atoms with Crippen molar-refractivity contribution in [2.45, 2.75) is 63.7 Å². The van der Waals surface area contributed by atoms with Crippen molar-refractivity contribution in [2.75, 3.05) is 0 Å². The van der Waals surface area contributed by atoms with Crippen LogP contribution in [-0.2, 0) is 4.79 Å². The van der Waals surface area contributed by atoms with Crippen LogP contribution in [0.1, 0.15) is 69.6 Å². The molecule has 0 aromatic carbocycles. The fourth-order valence-electron chi connectivity index (χ4n) is 3.62. The quantitative estimate of drug-likeness (QED) is 0.551. The van der Waals surface area contributed by atoms with E-state index in [1.807, 2.05) is 0 Å². The summed E-state index contributed by atoms with van der Waals surface area (Å²) in [5.41, 5.74) is 1.69. The van der Waals surface area contributed by atoms with E-state index in [2.05, 4.69) is 10.1 Å². The molecular weight excluding hydrogens is 322 g/mol. The van der Waals surface area contributed by atoms with Crippen molar-refractivity contribution >= 4 is 5.91 Å². The molecule has 2 aromatic rings. The van der Waals surface area contributed by atoms with E-state index in [0.29, 0.717) is 17.5 Å². The molecule has 7 nitrogen and oxygen atoms in total. The Morgan fingerprint density at radius 3 is 2.92 bits per heavy atom. The van der Waals surface area contributed by atoms with Crippen LogP contribution in [0.25, 0.3) is 11.6 Å². The summed E-state index contributed by atoms with van der Waals surface area (Å²) < 4.78 is 10.6. The second kappa shape index (κ2) is 8.80. The maximum Gasteiger partial charge on any atom is 0.244 e. The Bertz CT molecular complexity index is 647. The van der Waals surface area contributed by atoms with Gasteiger partial charge < -0.3 is 8.94 Å². The van der Waals surface area contributed by atoms with Crippen LogP contribution in [0.3, 0.4) is 0 Å². The Morgan fingerprint density at radius 2 is 2.20 bits per heavy atom. The van der Waals surface area contributed by atoms with Gasteiger partial charge in [-0.1, -0.05) is 50.1 Å². The fourth-order valence-corrected chi connectivity index (χ4v) is 3.62. The van der Waals surface area contributed by atoms with Gasteiger partial charge in [0.1, 0.15) is 0 Å². The first kappa shape index (κ1) is 17.7. The zero-order valence-electron chi connectivity index (χ0n) is 14.3. The number of nitrogens with zero attached hydrogens (tertiary/aromatic N) is 2. The van der Waals surface area contributed by atoms with Crippen molar-refractivity contribution in [3.8, 4) is 11.6 Å². The summed E-state index contributed by atoms with van der Waals surface area (Å²) in [6.45, 7) is 0. The molecule has 136 valence electrons. The number of hydrogen-bond acceptors (Lipinski definition) is 6. The molecule has 2 N–H and O–H groups in total. The van der Waals surface area contributed by atoms with Crippen LogP contribution in [0.2, 0.25) is 0 Å². The summed E-state index contributed by atoms with van der Waals surface area (Å²) in [5.74, 6) is 1.47. The van der Waals surface area contributed by atoms with Crippen molar-refractivity contribution in [3.63, 3.8) is 0 Å². The third kappa shape index (κ3) is 4.92. The van der Waals surface area contributed by atoms with Gasteiger partial charge in [0, 0.05) is 12.3 Å². The highest BCUT2D eigenvalue weighted by atomic mass is 16.5. The van der Waals surface area contributed by atoms with Crippen LogP contribution in [-0.4, -0.2) is 21.3 Å². The third-order valence-corrected chi connectivity index (χ3v) is 4.98. The van der Waals surface area contributed by atoms with Gasteiger partial charge in [0.25, 0.3) is 0 Å². The second-order valence-electron chi connectivity index (χ2n) is 6.80. The molecule has 3 rings (SSSR count). The van der Waals surface area contributed by atoms with E-state index in [4.69, 9.17) is 14.1 Å². The Balaban J connectivity index is 1.61. The largest absolute Gasteiger partial charge is 0.461 e. The number of hydroxylamine groups is 1. The number of aromatic nitrogens is 2. The number of rotatable bonds is 8. The molecule has 1 fully saturated rings. The molecule has 1 atom stereocenters. The lowest BCUT2D eigenvalue weighted by Crippen LogP contribution is -2.21. The average Bonchev–Trinajstić information content (AvgIpc) is 3.33. The first-order chi connectivity index (χ1) is 12.3. The number of furan rings is 1. The molecular formula is C18H25N3O4. The zero-order valence-corrected chi connectivity index (χ0v) is 14.3. The fraction of sp³-hybridized carbons (Fsp3) is 0.611. The van der Waals surface area contributed by atoms with Gasteiger partial charge in [-0.05, 0) is 24.5 Å². The van der Waals surface area contributed by atoms with Gasteiger partial charge in [-0.25, -0.2) is 5.48 Å². The summed E-state index contributed by atoms with van der Waals surface area (Å²) in [5, 5.41) is 12.8. The average molecular weight is 347 g/mol. The summed E-state index contributed by atoms with van der Waals surface area (Å²) in [6.07, 6.45) is 11.3. The molecule has 1 aliphatic rings. The van der Waals surface area contributed by atoms with Gasteiger partial charge >= 0.3 is 0 Å². The summed E-state index contributed by atoms with van der Waals surface area (Å²) in [6, 6.07) is 3.51. The van der Waals surface area contributed by atoms with Crippen molar-refractivity contribution in [1.29, 1.82) is 0 Å². The van der Waals surface area contributed by atoms with Crippen LogP contribution in [0.15, 0.2) is 27.3 Å². The molecule has 7 heteroatoms. The first-order valence-electron chi connectivity index (χ1n) is 9.06. The van der Waals surface area contributed by atoms with E-state index >= 15 is 0 Å². The molecule has 25 heavy (non-hydrogen) atoms. The summed E-state index contributed by atoms with van der Waals surface area (Å²) in [4.78, 5) is 16.0. The number of nitrogens with one attached hydrogen (secondary N) is 1.